The molecule has 0 radical (unpaired) electrons. The molecule has 3 N–H and O–H groups in total. The lowest BCUT2D eigenvalue weighted by atomic mass is 9.94. The van der Waals surface area contributed by atoms with Crippen LogP contribution < -0.4 is 11.1 Å². The molecule has 34 heavy (non-hydrogen) atoms. The first-order valence-electron chi connectivity index (χ1n) is 12.2. The first-order valence-corrected chi connectivity index (χ1v) is 12.2. The molecule has 0 saturated carbocycles. The molecular weight excluding hydrogens is 414 g/mol. The summed E-state index contributed by atoms with van der Waals surface area (Å²) in [7, 11) is 0. The third-order valence-electron chi connectivity index (χ3n) is 5.60. The topological polar surface area (TPSA) is 50.9 Å². The molecule has 1 atom stereocenters. The summed E-state index contributed by atoms with van der Waals surface area (Å²) in [6.07, 6.45) is 8.60. The molecule has 0 amide bonds. The lowest BCUT2D eigenvalue weighted by molar-refractivity contribution is 0.536. The van der Waals surface area contributed by atoms with Crippen LogP contribution in [0.5, 0.6) is 0 Å². The molecule has 1 heterocycles. The van der Waals surface area contributed by atoms with Crippen molar-refractivity contribution in [3.05, 3.63) is 108 Å². The number of allylic oxidation sites excluding steroid dienone is 1. The Labute approximate surface area is 207 Å². The molecule has 3 nitrogen and oxygen atoms in total. The third kappa shape index (κ3) is 11.0. The van der Waals surface area contributed by atoms with E-state index < -0.39 is 0 Å². The van der Waals surface area contributed by atoms with Crippen molar-refractivity contribution in [2.75, 3.05) is 11.1 Å². The summed E-state index contributed by atoms with van der Waals surface area (Å²) in [6.45, 7) is 18.7. The van der Waals surface area contributed by atoms with Crippen LogP contribution in [0.15, 0.2) is 91.8 Å². The van der Waals surface area contributed by atoms with Crippen LogP contribution in [0.2, 0.25) is 0 Å². The third-order valence-corrected chi connectivity index (χ3v) is 5.60. The largest absolute Gasteiger partial charge is 0.397 e. The molecule has 0 aliphatic carbocycles. The Balaban J connectivity index is 0.000000287. The number of aryl methyl sites for hydroxylation is 2. The molecule has 2 aromatic carbocycles. The number of pyridine rings is 1. The molecule has 0 bridgehead atoms. The summed E-state index contributed by atoms with van der Waals surface area (Å²) in [6, 6.07) is 19.9. The minimum absolute atomic E-state index is 0.723. The zero-order valence-corrected chi connectivity index (χ0v) is 21.8. The standard InChI is InChI=1S/C15H16N2.C9H18.C7H9N/c1-11-7-9-13(10-8-11)12(2)17-15-6-4-3-5-14(15)16;1-5-7-9(6-2)8(3)4;1-2-7-4-3-5-8-6-7/h3-10,17H,2,16H2,1H3;9H,3,5-7H2,1-2,4H3;3-6H,2H2,1H3. The predicted octanol–water partition coefficient (Wildman–Crippen LogP) is 8.69. The molecule has 0 aliphatic rings. The summed E-state index contributed by atoms with van der Waals surface area (Å²) in [5, 5.41) is 3.23. The summed E-state index contributed by atoms with van der Waals surface area (Å²) in [5.74, 6) is 0.773. The van der Waals surface area contributed by atoms with Crippen LogP contribution in [0.25, 0.3) is 5.70 Å². The number of hydrogen-bond donors (Lipinski definition) is 2. The van der Waals surface area contributed by atoms with E-state index in [-0.39, 0.29) is 0 Å². The predicted molar refractivity (Wildman–Crippen MR) is 152 cm³/mol. The van der Waals surface area contributed by atoms with Crippen molar-refractivity contribution < 1.29 is 0 Å². The first-order chi connectivity index (χ1) is 16.3. The summed E-state index contributed by atoms with van der Waals surface area (Å²) < 4.78 is 0. The fourth-order valence-electron chi connectivity index (χ4n) is 3.36. The number of rotatable bonds is 8. The highest BCUT2D eigenvalue weighted by Crippen LogP contribution is 2.22. The monoisotopic (exact) mass is 457 g/mol. The van der Waals surface area contributed by atoms with Crippen LogP contribution in [0.1, 0.15) is 63.6 Å². The highest BCUT2D eigenvalue weighted by atomic mass is 14.9. The lowest BCUT2D eigenvalue weighted by Gasteiger charge is -2.12. The highest BCUT2D eigenvalue weighted by molar-refractivity contribution is 5.80. The van der Waals surface area contributed by atoms with Crippen LogP contribution in [0, 0.1) is 12.8 Å². The second-order valence-corrected chi connectivity index (χ2v) is 8.51. The van der Waals surface area contributed by atoms with E-state index in [0.717, 1.165) is 35.0 Å². The fraction of sp³-hybridized carbons (Fsp3) is 0.323. The van der Waals surface area contributed by atoms with Gasteiger partial charge < -0.3 is 11.1 Å². The van der Waals surface area contributed by atoms with Gasteiger partial charge in [0.15, 0.2) is 0 Å². The van der Waals surface area contributed by atoms with Gasteiger partial charge in [0.25, 0.3) is 0 Å². The van der Waals surface area contributed by atoms with Gasteiger partial charge in [-0.1, -0.05) is 94.0 Å². The van der Waals surface area contributed by atoms with E-state index in [2.05, 4.69) is 76.3 Å². The Bertz CT molecular complexity index is 975. The number of anilines is 2. The lowest BCUT2D eigenvalue weighted by Crippen LogP contribution is -2.00. The van der Waals surface area contributed by atoms with Gasteiger partial charge in [0.2, 0.25) is 0 Å². The smallest absolute Gasteiger partial charge is 0.0617 e. The maximum Gasteiger partial charge on any atom is 0.0617 e. The number of nitrogens with two attached hydrogens (primary N) is 1. The van der Waals surface area contributed by atoms with Gasteiger partial charge in [0, 0.05) is 18.1 Å². The summed E-state index contributed by atoms with van der Waals surface area (Å²) >= 11 is 0. The minimum Gasteiger partial charge on any atom is -0.397 e. The van der Waals surface area contributed by atoms with Crippen molar-refractivity contribution in [3.8, 4) is 0 Å². The average molecular weight is 458 g/mol. The van der Waals surface area contributed by atoms with E-state index >= 15 is 0 Å². The van der Waals surface area contributed by atoms with Crippen molar-refractivity contribution in [2.24, 2.45) is 5.92 Å². The quantitative estimate of drug-likeness (QED) is 0.263. The SMILES string of the molecule is C=C(C)C(CC)CCC.C=C(Nc1ccccc1N)c1ccc(C)cc1.CCc1cccnc1. The van der Waals surface area contributed by atoms with Crippen molar-refractivity contribution in [2.45, 2.75) is 60.3 Å². The Hall–Kier alpha value is -3.33. The molecule has 1 aromatic heterocycles. The fourth-order valence-corrected chi connectivity index (χ4v) is 3.36. The number of aromatic nitrogens is 1. The zero-order valence-electron chi connectivity index (χ0n) is 21.8. The van der Waals surface area contributed by atoms with Crippen LogP contribution in [0.3, 0.4) is 0 Å². The van der Waals surface area contributed by atoms with Crippen LogP contribution in [-0.2, 0) is 6.42 Å². The van der Waals surface area contributed by atoms with Crippen LogP contribution >= 0.6 is 0 Å². The molecule has 3 aromatic rings. The molecule has 0 saturated heterocycles. The number of para-hydroxylation sites is 2. The van der Waals surface area contributed by atoms with E-state index in [4.69, 9.17) is 5.73 Å². The first kappa shape index (κ1) is 28.7. The van der Waals surface area contributed by atoms with Gasteiger partial charge in [-0.05, 0) is 68.4 Å². The van der Waals surface area contributed by atoms with Gasteiger partial charge in [0.05, 0.1) is 11.4 Å². The van der Waals surface area contributed by atoms with E-state index in [1.54, 1.807) is 6.20 Å². The maximum absolute atomic E-state index is 5.87. The van der Waals surface area contributed by atoms with Crippen molar-refractivity contribution in [3.63, 3.8) is 0 Å². The van der Waals surface area contributed by atoms with E-state index in [0.29, 0.717) is 0 Å². The maximum atomic E-state index is 5.87. The summed E-state index contributed by atoms with van der Waals surface area (Å²) in [4.78, 5) is 3.96. The Morgan fingerprint density at radius 2 is 1.65 bits per heavy atom. The molecule has 0 aliphatic heterocycles. The Morgan fingerprint density at radius 1 is 0.971 bits per heavy atom. The van der Waals surface area contributed by atoms with Gasteiger partial charge in [0.1, 0.15) is 0 Å². The zero-order chi connectivity index (χ0) is 25.3. The Kier molecular flexibility index (Phi) is 13.8. The van der Waals surface area contributed by atoms with Crippen molar-refractivity contribution in [1.82, 2.24) is 4.98 Å². The number of hydrogen-bond acceptors (Lipinski definition) is 3. The second kappa shape index (κ2) is 16.3. The van der Waals surface area contributed by atoms with Crippen LogP contribution in [-0.4, -0.2) is 4.98 Å². The molecule has 182 valence electrons. The Morgan fingerprint density at radius 3 is 2.09 bits per heavy atom. The highest BCUT2D eigenvalue weighted by Gasteiger charge is 2.03. The summed E-state index contributed by atoms with van der Waals surface area (Å²) in [5.41, 5.74) is 13.3. The van der Waals surface area contributed by atoms with Crippen molar-refractivity contribution in [1.29, 1.82) is 0 Å². The van der Waals surface area contributed by atoms with E-state index in [9.17, 15) is 0 Å². The molecule has 0 fully saturated rings. The normalized spacial score (nSPS) is 10.6. The average Bonchev–Trinajstić information content (AvgIpc) is 2.85. The van der Waals surface area contributed by atoms with E-state index in [1.165, 1.54) is 36.0 Å². The molecule has 3 heteroatoms. The van der Waals surface area contributed by atoms with Crippen LogP contribution in [0.4, 0.5) is 11.4 Å². The number of nitrogens with one attached hydrogen (secondary N) is 1. The number of nitrogens with zero attached hydrogens (tertiary/aromatic N) is 1. The van der Waals surface area contributed by atoms with Gasteiger partial charge in [-0.25, -0.2) is 0 Å². The molecule has 3 rings (SSSR count). The van der Waals surface area contributed by atoms with Gasteiger partial charge >= 0.3 is 0 Å². The molecular formula is C31H43N3. The second-order valence-electron chi connectivity index (χ2n) is 8.51. The molecule has 1 unspecified atom stereocenters. The van der Waals surface area contributed by atoms with Gasteiger partial charge in [-0.15, -0.1) is 0 Å². The molecule has 0 spiro atoms. The van der Waals surface area contributed by atoms with E-state index in [1.807, 2.05) is 48.7 Å². The van der Waals surface area contributed by atoms with Gasteiger partial charge in [-0.2, -0.15) is 0 Å². The van der Waals surface area contributed by atoms with Crippen molar-refractivity contribution >= 4 is 17.1 Å². The minimum atomic E-state index is 0.723. The number of nitrogen functional groups attached to an aromatic ring is 1. The number of benzene rings is 2. The van der Waals surface area contributed by atoms with Gasteiger partial charge in [-0.3, -0.25) is 4.98 Å².